The number of ether oxygens (including phenoxy) is 1. The molecule has 2 heterocycles. The molecule has 1 aromatic heterocycles. The fourth-order valence-electron chi connectivity index (χ4n) is 3.95. The van der Waals surface area contributed by atoms with E-state index in [0.717, 1.165) is 44.9 Å². The van der Waals surface area contributed by atoms with Crippen molar-refractivity contribution in [2.24, 2.45) is 5.92 Å². The van der Waals surface area contributed by atoms with Crippen molar-refractivity contribution in [1.29, 1.82) is 0 Å². The number of carbonyl (C=O) groups excluding carboxylic acids is 2. The topological polar surface area (TPSA) is 101 Å². The van der Waals surface area contributed by atoms with Gasteiger partial charge in [-0.05, 0) is 44.2 Å². The molecular formula is C20H29N3O4. The van der Waals surface area contributed by atoms with Crippen molar-refractivity contribution >= 4 is 11.8 Å². The summed E-state index contributed by atoms with van der Waals surface area (Å²) in [5.41, 5.74) is 0.540. The van der Waals surface area contributed by atoms with Gasteiger partial charge in [-0.2, -0.15) is 0 Å². The lowest BCUT2D eigenvalue weighted by molar-refractivity contribution is -0.125. The van der Waals surface area contributed by atoms with Gasteiger partial charge in [0.25, 0.3) is 5.91 Å². The molecule has 0 aromatic carbocycles. The highest BCUT2D eigenvalue weighted by Gasteiger charge is 2.32. The van der Waals surface area contributed by atoms with E-state index in [9.17, 15) is 14.7 Å². The Balaban J connectivity index is 1.42. The Morgan fingerprint density at radius 1 is 1.15 bits per heavy atom. The van der Waals surface area contributed by atoms with E-state index in [4.69, 9.17) is 4.74 Å². The number of aromatic nitrogens is 1. The Morgan fingerprint density at radius 2 is 1.89 bits per heavy atom. The van der Waals surface area contributed by atoms with Gasteiger partial charge in [0.2, 0.25) is 5.91 Å². The van der Waals surface area contributed by atoms with Crippen LogP contribution in [0.5, 0.6) is 0 Å². The van der Waals surface area contributed by atoms with E-state index in [0.29, 0.717) is 12.1 Å². The van der Waals surface area contributed by atoms with Crippen LogP contribution in [0.1, 0.15) is 55.3 Å². The van der Waals surface area contributed by atoms with Gasteiger partial charge in [0.1, 0.15) is 6.10 Å². The smallest absolute Gasteiger partial charge is 0.251 e. The molecule has 0 unspecified atom stereocenters. The maximum Gasteiger partial charge on any atom is 0.251 e. The van der Waals surface area contributed by atoms with Crippen molar-refractivity contribution in [3.8, 4) is 0 Å². The van der Waals surface area contributed by atoms with Crippen LogP contribution in [0.4, 0.5) is 0 Å². The molecule has 3 rings (SSSR count). The highest BCUT2D eigenvalue weighted by Crippen LogP contribution is 2.25. The van der Waals surface area contributed by atoms with E-state index in [1.165, 1.54) is 0 Å². The van der Waals surface area contributed by atoms with Gasteiger partial charge in [-0.15, -0.1) is 0 Å². The molecule has 2 aliphatic rings. The van der Waals surface area contributed by atoms with E-state index in [-0.39, 0.29) is 36.5 Å². The monoisotopic (exact) mass is 375 g/mol. The minimum absolute atomic E-state index is 0.0138. The highest BCUT2D eigenvalue weighted by molar-refractivity contribution is 5.94. The molecule has 3 N–H and O–H groups in total. The van der Waals surface area contributed by atoms with Crippen molar-refractivity contribution in [1.82, 2.24) is 15.6 Å². The maximum atomic E-state index is 12.3. The first-order valence-electron chi connectivity index (χ1n) is 9.92. The first-order chi connectivity index (χ1) is 13.2. The lowest BCUT2D eigenvalue weighted by atomic mass is 9.96. The van der Waals surface area contributed by atoms with Crippen LogP contribution in [-0.4, -0.2) is 53.3 Å². The molecular weight excluding hydrogens is 346 g/mol. The summed E-state index contributed by atoms with van der Waals surface area (Å²) >= 11 is 0. The van der Waals surface area contributed by atoms with Crippen LogP contribution in [0.25, 0.3) is 0 Å². The molecule has 1 aliphatic carbocycles. The van der Waals surface area contributed by atoms with Crippen LogP contribution in [0.2, 0.25) is 0 Å². The molecule has 7 nitrogen and oxygen atoms in total. The predicted molar refractivity (Wildman–Crippen MR) is 100 cm³/mol. The van der Waals surface area contributed by atoms with Crippen LogP contribution in [0, 0.1) is 5.92 Å². The molecule has 27 heavy (non-hydrogen) atoms. The Hall–Kier alpha value is -1.99. The normalized spacial score (nSPS) is 25.9. The van der Waals surface area contributed by atoms with Crippen molar-refractivity contribution in [3.05, 3.63) is 30.1 Å². The lowest BCUT2D eigenvalue weighted by Gasteiger charge is -2.36. The summed E-state index contributed by atoms with van der Waals surface area (Å²) in [5.74, 6) is 0.145. The van der Waals surface area contributed by atoms with Gasteiger partial charge in [0.05, 0.1) is 18.8 Å². The molecule has 2 fully saturated rings. The molecule has 2 amide bonds. The van der Waals surface area contributed by atoms with Crippen molar-refractivity contribution in [3.63, 3.8) is 0 Å². The molecule has 1 saturated heterocycles. The standard InChI is InChI=1S/C20H29N3O4/c24-13-18-17(23-20(26)15-7-10-21-11-8-15)6-5-16(27-18)9-12-22-19(25)14-3-1-2-4-14/h7-8,10-11,14,16-18,24H,1-6,9,12-13H2,(H,22,25)(H,23,26)/t16-,17-,18+/m0/s1. The van der Waals surface area contributed by atoms with E-state index in [2.05, 4.69) is 15.6 Å². The van der Waals surface area contributed by atoms with Gasteiger partial charge < -0.3 is 20.5 Å². The number of hydrogen-bond acceptors (Lipinski definition) is 5. The molecule has 1 aromatic rings. The van der Waals surface area contributed by atoms with Gasteiger partial charge in [0.15, 0.2) is 0 Å². The highest BCUT2D eigenvalue weighted by atomic mass is 16.5. The summed E-state index contributed by atoms with van der Waals surface area (Å²) in [6, 6.07) is 3.09. The third kappa shape index (κ3) is 5.49. The minimum Gasteiger partial charge on any atom is -0.394 e. The Morgan fingerprint density at radius 3 is 2.59 bits per heavy atom. The summed E-state index contributed by atoms with van der Waals surface area (Å²) in [4.78, 5) is 28.3. The average molecular weight is 375 g/mol. The molecule has 148 valence electrons. The Bertz CT molecular complexity index is 619. The van der Waals surface area contributed by atoms with Crippen LogP contribution in [0.15, 0.2) is 24.5 Å². The van der Waals surface area contributed by atoms with Gasteiger partial charge in [-0.25, -0.2) is 0 Å². The second-order valence-corrected chi connectivity index (χ2v) is 7.43. The zero-order valence-corrected chi connectivity index (χ0v) is 15.6. The molecule has 1 aliphatic heterocycles. The number of aliphatic hydroxyl groups is 1. The fraction of sp³-hybridized carbons (Fsp3) is 0.650. The zero-order valence-electron chi connectivity index (χ0n) is 15.6. The number of aliphatic hydroxyl groups excluding tert-OH is 1. The first kappa shape index (κ1) is 19.8. The lowest BCUT2D eigenvalue weighted by Crippen LogP contribution is -2.51. The summed E-state index contributed by atoms with van der Waals surface area (Å²) in [6.45, 7) is 0.443. The molecule has 3 atom stereocenters. The molecule has 7 heteroatoms. The van der Waals surface area contributed by atoms with Crippen LogP contribution in [0.3, 0.4) is 0 Å². The zero-order chi connectivity index (χ0) is 19.1. The van der Waals surface area contributed by atoms with Crippen LogP contribution < -0.4 is 10.6 Å². The predicted octanol–water partition coefficient (Wildman–Crippen LogP) is 1.42. The number of nitrogens with zero attached hydrogens (tertiary/aromatic N) is 1. The van der Waals surface area contributed by atoms with E-state index >= 15 is 0 Å². The number of hydrogen-bond donors (Lipinski definition) is 3. The van der Waals surface area contributed by atoms with Crippen molar-refractivity contribution < 1.29 is 19.4 Å². The van der Waals surface area contributed by atoms with Crippen molar-refractivity contribution in [2.75, 3.05) is 13.2 Å². The van der Waals surface area contributed by atoms with Gasteiger partial charge in [-0.3, -0.25) is 14.6 Å². The second kappa shape index (κ2) is 9.80. The SMILES string of the molecule is O=C(N[C@H]1CC[C@@H](CCNC(=O)C2CCCC2)O[C@@H]1CO)c1ccncc1. The maximum absolute atomic E-state index is 12.3. The van der Waals surface area contributed by atoms with Crippen molar-refractivity contribution in [2.45, 2.75) is 63.2 Å². The number of carbonyl (C=O) groups is 2. The van der Waals surface area contributed by atoms with E-state index < -0.39 is 6.10 Å². The minimum atomic E-state index is -0.430. The van der Waals surface area contributed by atoms with E-state index in [1.54, 1.807) is 24.5 Å². The largest absolute Gasteiger partial charge is 0.394 e. The van der Waals surface area contributed by atoms with Gasteiger partial charge in [-0.1, -0.05) is 12.8 Å². The number of pyridine rings is 1. The summed E-state index contributed by atoms with van der Waals surface area (Å²) in [7, 11) is 0. The van der Waals surface area contributed by atoms with Crippen LogP contribution in [-0.2, 0) is 9.53 Å². The molecule has 1 saturated carbocycles. The number of rotatable bonds is 7. The summed E-state index contributed by atoms with van der Waals surface area (Å²) < 4.78 is 5.96. The van der Waals surface area contributed by atoms with Gasteiger partial charge in [0, 0.05) is 30.4 Å². The third-order valence-corrected chi connectivity index (χ3v) is 5.55. The quantitative estimate of drug-likeness (QED) is 0.669. The van der Waals surface area contributed by atoms with Crippen LogP contribution >= 0.6 is 0 Å². The van der Waals surface area contributed by atoms with E-state index in [1.807, 2.05) is 0 Å². The third-order valence-electron chi connectivity index (χ3n) is 5.55. The van der Waals surface area contributed by atoms with Gasteiger partial charge >= 0.3 is 0 Å². The second-order valence-electron chi connectivity index (χ2n) is 7.43. The Kier molecular flexibility index (Phi) is 7.18. The summed E-state index contributed by atoms with van der Waals surface area (Å²) in [6.07, 6.45) is 9.25. The molecule has 0 spiro atoms. The number of amides is 2. The average Bonchev–Trinajstić information content (AvgIpc) is 3.24. The Labute approximate surface area is 159 Å². The number of nitrogens with one attached hydrogen (secondary N) is 2. The molecule has 0 bridgehead atoms. The summed E-state index contributed by atoms with van der Waals surface area (Å²) in [5, 5.41) is 15.6. The molecule has 0 radical (unpaired) electrons. The first-order valence-corrected chi connectivity index (χ1v) is 9.92. The fourth-order valence-corrected chi connectivity index (χ4v) is 3.95.